The average molecular weight is 773 g/mol. The van der Waals surface area contributed by atoms with E-state index in [1.807, 2.05) is 18.2 Å². The Hall–Kier alpha value is -8.06. The standard InChI is InChI=1S/C22H12N2O4.C14H10N2O2.C8H6O3.CH4/c25-20-12-3-1-2-4-13(12)21(26)18-14(20)6-7-15-19(18)24-22(23-15)11-5-8-16-17(9-11)28-10-27-16;15-10-6-5-9-11(12(10)16)14(18)8-4-2-1-3-7(8)13(9)17;9-4-6-1-2-7-8(3-6)11-5-10-7;/h1-9H,10H2,(H,23,24);1-6H,15-16H2;1-4H,5H2;1H4. The molecule has 13 nitrogen and oxygen atoms in total. The molecule has 6 aromatic carbocycles. The Morgan fingerprint density at radius 2 is 1.07 bits per heavy atom. The Balaban J connectivity index is 0.000000134. The third-order valence-corrected chi connectivity index (χ3v) is 9.89. The zero-order valence-electron chi connectivity index (χ0n) is 29.7. The monoisotopic (exact) mass is 772 g/mol. The zero-order chi connectivity index (χ0) is 39.4. The first-order valence-corrected chi connectivity index (χ1v) is 17.5. The van der Waals surface area contributed by atoms with Gasteiger partial charge in [0.15, 0.2) is 46.1 Å². The van der Waals surface area contributed by atoms with Gasteiger partial charge >= 0.3 is 0 Å². The maximum Gasteiger partial charge on any atom is 0.231 e. The molecule has 286 valence electrons. The predicted octanol–water partition coefficient (Wildman–Crippen LogP) is 7.22. The fourth-order valence-electron chi connectivity index (χ4n) is 7.05. The summed E-state index contributed by atoms with van der Waals surface area (Å²) in [6.45, 7) is 0.445. The van der Waals surface area contributed by atoms with E-state index in [1.165, 1.54) is 0 Å². The number of nitrogens with two attached hydrogens (primary N) is 2. The van der Waals surface area contributed by atoms with E-state index >= 15 is 0 Å². The van der Waals surface area contributed by atoms with Gasteiger partial charge in [-0.3, -0.25) is 24.0 Å². The first kappa shape index (κ1) is 36.9. The van der Waals surface area contributed by atoms with E-state index in [2.05, 4.69) is 9.97 Å². The molecule has 58 heavy (non-hydrogen) atoms. The van der Waals surface area contributed by atoms with Crippen LogP contribution in [-0.2, 0) is 0 Å². The lowest BCUT2D eigenvalue weighted by molar-refractivity contribution is 0.0980. The van der Waals surface area contributed by atoms with E-state index in [-0.39, 0.29) is 55.4 Å². The number of ketones is 4. The minimum atomic E-state index is -0.245. The van der Waals surface area contributed by atoms with Crippen LogP contribution in [0.1, 0.15) is 81.5 Å². The molecule has 5 N–H and O–H groups in total. The van der Waals surface area contributed by atoms with Gasteiger partial charge in [0.05, 0.1) is 28.0 Å². The number of carbonyl (C=O) groups excluding carboxylic acids is 5. The van der Waals surface area contributed by atoms with Gasteiger partial charge < -0.3 is 35.4 Å². The zero-order valence-corrected chi connectivity index (χ0v) is 29.7. The van der Waals surface area contributed by atoms with Gasteiger partial charge in [-0.1, -0.05) is 56.0 Å². The molecule has 7 aromatic rings. The molecule has 4 aliphatic rings. The number of fused-ring (bicyclic) bond motifs is 8. The largest absolute Gasteiger partial charge is 0.454 e. The van der Waals surface area contributed by atoms with Crippen LogP contribution in [0.15, 0.2) is 109 Å². The van der Waals surface area contributed by atoms with Crippen LogP contribution in [0.2, 0.25) is 0 Å². The van der Waals surface area contributed by atoms with E-state index in [9.17, 15) is 24.0 Å². The molecule has 2 aliphatic heterocycles. The number of anilines is 2. The fourth-order valence-corrected chi connectivity index (χ4v) is 7.05. The first-order valence-electron chi connectivity index (χ1n) is 17.5. The number of aromatic nitrogens is 2. The number of nitrogens with zero attached hydrogens (tertiary/aromatic N) is 1. The summed E-state index contributed by atoms with van der Waals surface area (Å²) in [5.74, 6) is 2.52. The maximum atomic E-state index is 13.1. The minimum absolute atomic E-state index is 0. The molecule has 0 unspecified atom stereocenters. The highest BCUT2D eigenvalue weighted by molar-refractivity contribution is 6.32. The number of hydrogen-bond acceptors (Lipinski definition) is 12. The number of nitrogen functional groups attached to an aromatic ring is 2. The van der Waals surface area contributed by atoms with Crippen LogP contribution in [0.3, 0.4) is 0 Å². The number of hydrogen-bond donors (Lipinski definition) is 3. The van der Waals surface area contributed by atoms with Gasteiger partial charge in [-0.15, -0.1) is 0 Å². The minimum Gasteiger partial charge on any atom is -0.454 e. The van der Waals surface area contributed by atoms with Crippen LogP contribution in [0.25, 0.3) is 22.4 Å². The Bertz CT molecular complexity index is 2900. The Morgan fingerprint density at radius 3 is 1.69 bits per heavy atom. The molecular weight excluding hydrogens is 741 g/mol. The predicted molar refractivity (Wildman–Crippen MR) is 214 cm³/mol. The van der Waals surface area contributed by atoms with Gasteiger partial charge in [0.1, 0.15) is 17.6 Å². The van der Waals surface area contributed by atoms with Crippen molar-refractivity contribution in [1.82, 2.24) is 9.97 Å². The second kappa shape index (κ2) is 14.5. The van der Waals surface area contributed by atoms with E-state index in [4.69, 9.17) is 30.4 Å². The number of aromatic amines is 1. The van der Waals surface area contributed by atoms with E-state index < -0.39 is 0 Å². The lowest BCUT2D eigenvalue weighted by Crippen LogP contribution is -2.22. The van der Waals surface area contributed by atoms with Gasteiger partial charge in [-0.2, -0.15) is 0 Å². The third-order valence-electron chi connectivity index (χ3n) is 9.89. The quantitative estimate of drug-likeness (QED) is 0.118. The van der Waals surface area contributed by atoms with Crippen LogP contribution in [-0.4, -0.2) is 53.0 Å². The molecular formula is C45H32N4O9. The number of carbonyl (C=O) groups is 5. The fraction of sp³-hybridized carbons (Fsp3) is 0.0667. The smallest absolute Gasteiger partial charge is 0.231 e. The van der Waals surface area contributed by atoms with Gasteiger partial charge in [0, 0.05) is 44.5 Å². The molecule has 0 atom stereocenters. The second-order valence-electron chi connectivity index (χ2n) is 13.2. The van der Waals surface area contributed by atoms with Crippen molar-refractivity contribution in [1.29, 1.82) is 0 Å². The molecule has 0 saturated carbocycles. The van der Waals surface area contributed by atoms with Crippen LogP contribution in [0, 0.1) is 0 Å². The second-order valence-corrected chi connectivity index (χ2v) is 13.2. The summed E-state index contributed by atoms with van der Waals surface area (Å²) in [5.41, 5.74) is 17.5. The summed E-state index contributed by atoms with van der Waals surface area (Å²) >= 11 is 0. The van der Waals surface area contributed by atoms with Gasteiger partial charge in [-0.25, -0.2) is 4.98 Å². The topological polar surface area (TPSA) is 203 Å². The summed E-state index contributed by atoms with van der Waals surface area (Å²) in [5, 5.41) is 0. The molecule has 1 aromatic heterocycles. The van der Waals surface area contributed by atoms with Crippen molar-refractivity contribution in [3.63, 3.8) is 0 Å². The van der Waals surface area contributed by atoms with Crippen molar-refractivity contribution in [3.8, 4) is 34.4 Å². The molecule has 0 radical (unpaired) electrons. The number of imidazole rings is 1. The lowest BCUT2D eigenvalue weighted by Gasteiger charge is -2.19. The lowest BCUT2D eigenvalue weighted by atomic mass is 9.83. The van der Waals surface area contributed by atoms with Crippen molar-refractivity contribution < 1.29 is 42.9 Å². The highest BCUT2D eigenvalue weighted by Crippen LogP contribution is 2.38. The van der Waals surface area contributed by atoms with E-state index in [0.29, 0.717) is 90.1 Å². The van der Waals surface area contributed by atoms with Crippen LogP contribution >= 0.6 is 0 Å². The molecule has 2 aliphatic carbocycles. The third kappa shape index (κ3) is 6.07. The Kier molecular flexibility index (Phi) is 9.25. The molecule has 0 amide bonds. The Morgan fingerprint density at radius 1 is 0.552 bits per heavy atom. The summed E-state index contributed by atoms with van der Waals surface area (Å²) in [6, 6.07) is 30.8. The Labute approximate surface area is 330 Å². The summed E-state index contributed by atoms with van der Waals surface area (Å²) in [7, 11) is 0. The summed E-state index contributed by atoms with van der Waals surface area (Å²) in [4.78, 5) is 68.8. The number of aldehydes is 1. The molecule has 0 fully saturated rings. The van der Waals surface area contributed by atoms with Crippen LogP contribution in [0.5, 0.6) is 23.0 Å². The number of nitrogens with one attached hydrogen (secondary N) is 1. The van der Waals surface area contributed by atoms with Crippen molar-refractivity contribution >= 4 is 51.8 Å². The summed E-state index contributed by atoms with van der Waals surface area (Å²) < 4.78 is 20.9. The van der Waals surface area contributed by atoms with Gasteiger partial charge in [0.25, 0.3) is 0 Å². The average Bonchev–Trinajstić information content (AvgIpc) is 4.03. The highest BCUT2D eigenvalue weighted by atomic mass is 16.7. The van der Waals surface area contributed by atoms with Crippen LogP contribution in [0.4, 0.5) is 11.4 Å². The first-order chi connectivity index (χ1) is 27.7. The van der Waals surface area contributed by atoms with Crippen molar-refractivity contribution in [2.45, 2.75) is 7.43 Å². The van der Waals surface area contributed by atoms with Gasteiger partial charge in [-0.05, 0) is 60.7 Å². The van der Waals surface area contributed by atoms with Gasteiger partial charge in [0.2, 0.25) is 13.6 Å². The molecule has 0 saturated heterocycles. The maximum absolute atomic E-state index is 13.1. The number of H-pyrrole nitrogens is 1. The molecule has 11 rings (SSSR count). The normalized spacial score (nSPS) is 13.4. The van der Waals surface area contributed by atoms with Crippen LogP contribution < -0.4 is 30.4 Å². The van der Waals surface area contributed by atoms with Crippen molar-refractivity contribution in [2.24, 2.45) is 0 Å². The molecule has 0 bridgehead atoms. The number of rotatable bonds is 2. The summed E-state index contributed by atoms with van der Waals surface area (Å²) in [6.07, 6.45) is 0.780. The number of benzene rings is 6. The molecule has 0 spiro atoms. The number of ether oxygens (including phenoxy) is 4. The van der Waals surface area contributed by atoms with Crippen molar-refractivity contribution in [2.75, 3.05) is 25.1 Å². The highest BCUT2D eigenvalue weighted by Gasteiger charge is 2.33. The van der Waals surface area contributed by atoms with E-state index in [0.717, 1.165) is 11.8 Å². The SMILES string of the molecule is C.Nc1ccc2c(c1N)C(=O)c1ccccc1C2=O.O=C1c2ccccc2C(=O)c2c1ccc1[nH]c(-c3ccc4c(c3)OCO4)nc21.O=Cc1ccc2c(c1)OCO2. The molecule has 3 heterocycles. The van der Waals surface area contributed by atoms with E-state index in [1.54, 1.807) is 91.0 Å². The molecule has 13 heteroatoms. The van der Waals surface area contributed by atoms with Crippen molar-refractivity contribution in [3.05, 3.63) is 159 Å².